The molecule has 0 spiro atoms. The maximum atomic E-state index is 13.8. The van der Waals surface area contributed by atoms with Gasteiger partial charge in [0.05, 0.1) is 18.8 Å². The van der Waals surface area contributed by atoms with Crippen molar-refractivity contribution in [3.05, 3.63) is 47.9 Å². The van der Waals surface area contributed by atoms with E-state index in [2.05, 4.69) is 18.6 Å². The van der Waals surface area contributed by atoms with E-state index in [1.807, 2.05) is 11.9 Å². The van der Waals surface area contributed by atoms with Gasteiger partial charge in [-0.25, -0.2) is 4.39 Å². The van der Waals surface area contributed by atoms with Gasteiger partial charge in [-0.1, -0.05) is 31.7 Å². The number of benzene rings is 1. The molecule has 2 rings (SSSR count). The van der Waals surface area contributed by atoms with Crippen molar-refractivity contribution in [1.82, 2.24) is 5.01 Å². The minimum absolute atomic E-state index is 0.272. The second-order valence-corrected chi connectivity index (χ2v) is 4.58. The molecular weight excluding hydrogens is 243 g/mol. The van der Waals surface area contributed by atoms with Gasteiger partial charge in [0.25, 0.3) is 0 Å². The minimum Gasteiger partial charge on any atom is -0.365 e. The molecule has 0 radical (unpaired) electrons. The largest absolute Gasteiger partial charge is 0.365 e. The summed E-state index contributed by atoms with van der Waals surface area (Å²) in [4.78, 5) is 0. The minimum atomic E-state index is -0.455. The van der Waals surface area contributed by atoms with E-state index in [-0.39, 0.29) is 5.82 Å². The van der Waals surface area contributed by atoms with E-state index in [1.165, 1.54) is 6.07 Å². The molecule has 0 N–H and O–H groups in total. The van der Waals surface area contributed by atoms with Crippen molar-refractivity contribution in [2.45, 2.75) is 26.4 Å². The lowest BCUT2D eigenvalue weighted by Gasteiger charge is -2.33. The lowest BCUT2D eigenvalue weighted by Crippen LogP contribution is -2.33. The first-order chi connectivity index (χ1) is 9.13. The van der Waals surface area contributed by atoms with Crippen LogP contribution in [-0.2, 0) is 4.74 Å². The van der Waals surface area contributed by atoms with Crippen molar-refractivity contribution in [2.75, 3.05) is 13.2 Å². The quantitative estimate of drug-likeness (QED) is 0.779. The summed E-state index contributed by atoms with van der Waals surface area (Å²) in [5, 5.41) is 6.31. The number of halogens is 1. The zero-order valence-corrected chi connectivity index (χ0v) is 11.4. The highest BCUT2D eigenvalue weighted by Gasteiger charge is 2.27. The lowest BCUT2D eigenvalue weighted by molar-refractivity contribution is 0.00585. The third kappa shape index (κ3) is 3.01. The molecule has 1 aliphatic rings. The average Bonchev–Trinajstić information content (AvgIpc) is 2.42. The molecule has 1 heterocycles. The first-order valence-corrected chi connectivity index (χ1v) is 6.50. The van der Waals surface area contributed by atoms with E-state index in [4.69, 9.17) is 4.74 Å². The molecular formula is C15H19FN2O. The van der Waals surface area contributed by atoms with Crippen molar-refractivity contribution >= 4 is 5.71 Å². The third-order valence-corrected chi connectivity index (χ3v) is 3.21. The van der Waals surface area contributed by atoms with Gasteiger partial charge >= 0.3 is 0 Å². The Labute approximate surface area is 113 Å². The van der Waals surface area contributed by atoms with Gasteiger partial charge in [0.15, 0.2) is 0 Å². The molecule has 0 amide bonds. The second-order valence-electron chi connectivity index (χ2n) is 4.58. The SMILES string of the molecule is C=C1C(c2ccccc2F)OCCN1/N=C(/C)CC. The normalized spacial score (nSPS) is 20.8. The Kier molecular flexibility index (Phi) is 4.32. The highest BCUT2D eigenvalue weighted by atomic mass is 19.1. The summed E-state index contributed by atoms with van der Waals surface area (Å²) in [7, 11) is 0. The van der Waals surface area contributed by atoms with Gasteiger partial charge in [-0.15, -0.1) is 0 Å². The van der Waals surface area contributed by atoms with Gasteiger partial charge in [-0.05, 0) is 19.4 Å². The fourth-order valence-electron chi connectivity index (χ4n) is 1.98. The monoisotopic (exact) mass is 262 g/mol. The molecule has 1 atom stereocenters. The second kappa shape index (κ2) is 5.97. The van der Waals surface area contributed by atoms with Crippen LogP contribution in [0.3, 0.4) is 0 Å². The molecule has 1 aliphatic heterocycles. The van der Waals surface area contributed by atoms with Gasteiger partial charge < -0.3 is 4.74 Å². The zero-order valence-electron chi connectivity index (χ0n) is 11.4. The molecule has 1 fully saturated rings. The predicted octanol–water partition coefficient (Wildman–Crippen LogP) is 3.50. The molecule has 1 aromatic rings. The number of hydrogen-bond donors (Lipinski definition) is 0. The van der Waals surface area contributed by atoms with E-state index >= 15 is 0 Å². The highest BCUT2D eigenvalue weighted by Crippen LogP contribution is 2.32. The Bertz CT molecular complexity index is 499. The zero-order chi connectivity index (χ0) is 13.8. The number of hydrogen-bond acceptors (Lipinski definition) is 3. The highest BCUT2D eigenvalue weighted by molar-refractivity contribution is 5.81. The summed E-state index contributed by atoms with van der Waals surface area (Å²) in [5.74, 6) is -0.272. The summed E-state index contributed by atoms with van der Waals surface area (Å²) in [6, 6.07) is 6.63. The van der Waals surface area contributed by atoms with Gasteiger partial charge in [0.2, 0.25) is 0 Å². The first-order valence-electron chi connectivity index (χ1n) is 6.50. The molecule has 1 unspecified atom stereocenters. The summed E-state index contributed by atoms with van der Waals surface area (Å²) < 4.78 is 19.5. The van der Waals surface area contributed by atoms with Crippen molar-refractivity contribution in [1.29, 1.82) is 0 Å². The summed E-state index contributed by atoms with van der Waals surface area (Å²) in [5.41, 5.74) is 2.22. The van der Waals surface area contributed by atoms with E-state index in [0.717, 1.165) is 12.1 Å². The molecule has 0 saturated carbocycles. The van der Waals surface area contributed by atoms with Crippen LogP contribution in [0.25, 0.3) is 0 Å². The van der Waals surface area contributed by atoms with E-state index < -0.39 is 6.10 Å². The van der Waals surface area contributed by atoms with Crippen LogP contribution >= 0.6 is 0 Å². The molecule has 102 valence electrons. The standard InChI is InChI=1S/C15H19FN2O/c1-4-11(2)17-18-9-10-19-15(12(18)3)13-7-5-6-8-14(13)16/h5-8,15H,3-4,9-10H2,1-2H3/b17-11-. The van der Waals surface area contributed by atoms with Gasteiger partial charge in [-0.2, -0.15) is 5.10 Å². The predicted molar refractivity (Wildman–Crippen MR) is 74.3 cm³/mol. The van der Waals surface area contributed by atoms with Crippen LogP contribution in [0.15, 0.2) is 41.6 Å². The Morgan fingerprint density at radius 3 is 2.95 bits per heavy atom. The number of morpholine rings is 1. The van der Waals surface area contributed by atoms with Crippen LogP contribution in [0.5, 0.6) is 0 Å². The average molecular weight is 262 g/mol. The van der Waals surface area contributed by atoms with E-state index in [1.54, 1.807) is 18.2 Å². The van der Waals surface area contributed by atoms with E-state index in [0.29, 0.717) is 24.4 Å². The summed E-state index contributed by atoms with van der Waals surface area (Å²) >= 11 is 0. The van der Waals surface area contributed by atoms with Gasteiger partial charge in [-0.3, -0.25) is 5.01 Å². The van der Waals surface area contributed by atoms with Crippen LogP contribution < -0.4 is 0 Å². The first kappa shape index (κ1) is 13.7. The van der Waals surface area contributed by atoms with Crippen LogP contribution in [0.4, 0.5) is 4.39 Å². The van der Waals surface area contributed by atoms with Crippen molar-refractivity contribution in [2.24, 2.45) is 5.10 Å². The topological polar surface area (TPSA) is 24.8 Å². The Balaban J connectivity index is 2.24. The molecule has 0 aliphatic carbocycles. The maximum Gasteiger partial charge on any atom is 0.129 e. The number of rotatable bonds is 3. The van der Waals surface area contributed by atoms with Crippen molar-refractivity contribution in [3.8, 4) is 0 Å². The fourth-order valence-corrected chi connectivity index (χ4v) is 1.98. The van der Waals surface area contributed by atoms with Crippen LogP contribution in [-0.4, -0.2) is 23.9 Å². The Morgan fingerprint density at radius 2 is 2.26 bits per heavy atom. The van der Waals surface area contributed by atoms with Crippen LogP contribution in [0, 0.1) is 5.82 Å². The third-order valence-electron chi connectivity index (χ3n) is 3.21. The summed E-state index contributed by atoms with van der Waals surface area (Å²) in [6.45, 7) is 9.20. The number of nitrogens with zero attached hydrogens (tertiary/aromatic N) is 2. The molecule has 1 aromatic carbocycles. The maximum absolute atomic E-state index is 13.8. The van der Waals surface area contributed by atoms with Gasteiger partial charge in [0.1, 0.15) is 11.9 Å². The number of ether oxygens (including phenoxy) is 1. The Morgan fingerprint density at radius 1 is 1.53 bits per heavy atom. The molecule has 0 aromatic heterocycles. The molecule has 3 nitrogen and oxygen atoms in total. The van der Waals surface area contributed by atoms with Crippen molar-refractivity contribution < 1.29 is 9.13 Å². The molecule has 19 heavy (non-hydrogen) atoms. The fraction of sp³-hybridized carbons (Fsp3) is 0.400. The number of hydrazone groups is 1. The molecule has 1 saturated heterocycles. The van der Waals surface area contributed by atoms with Crippen LogP contribution in [0.2, 0.25) is 0 Å². The van der Waals surface area contributed by atoms with Crippen molar-refractivity contribution in [3.63, 3.8) is 0 Å². The summed E-state index contributed by atoms with van der Waals surface area (Å²) in [6.07, 6.45) is 0.429. The smallest absolute Gasteiger partial charge is 0.129 e. The lowest BCUT2D eigenvalue weighted by atomic mass is 10.1. The molecule has 4 heteroatoms. The van der Waals surface area contributed by atoms with Gasteiger partial charge in [0, 0.05) is 11.3 Å². The van der Waals surface area contributed by atoms with E-state index in [9.17, 15) is 4.39 Å². The molecule has 0 bridgehead atoms. The van der Waals surface area contributed by atoms with Crippen LogP contribution in [0.1, 0.15) is 31.9 Å². The Hall–Kier alpha value is -1.68.